The zero-order valence-corrected chi connectivity index (χ0v) is 14.9. The fourth-order valence-electron chi connectivity index (χ4n) is 4.68. The van der Waals surface area contributed by atoms with E-state index in [1.165, 1.54) is 69.1 Å². The van der Waals surface area contributed by atoms with E-state index in [1.54, 1.807) is 6.07 Å². The van der Waals surface area contributed by atoms with Crippen LogP contribution in [0.2, 0.25) is 0 Å². The summed E-state index contributed by atoms with van der Waals surface area (Å²) in [5.74, 6) is 1.16. The predicted molar refractivity (Wildman–Crippen MR) is 96.6 cm³/mol. The summed E-state index contributed by atoms with van der Waals surface area (Å²) in [6.45, 7) is 2.28. The zero-order valence-electron chi connectivity index (χ0n) is 14.9. The first-order valence-corrected chi connectivity index (χ1v) is 9.81. The van der Waals surface area contributed by atoms with Crippen molar-refractivity contribution in [3.8, 4) is 0 Å². The third-order valence-corrected chi connectivity index (χ3v) is 6.27. The van der Waals surface area contributed by atoms with E-state index < -0.39 is 11.6 Å². The fraction of sp³-hybridized carbons (Fsp3) is 0.636. The molecule has 0 heterocycles. The molecule has 1 fully saturated rings. The molecule has 0 aromatic heterocycles. The molecule has 0 radical (unpaired) electrons. The summed E-state index contributed by atoms with van der Waals surface area (Å²) in [6.07, 6.45) is 15.4. The third kappa shape index (κ3) is 4.26. The Labute approximate surface area is 145 Å². The number of halogens is 2. The Morgan fingerprint density at radius 3 is 2.38 bits per heavy atom. The molecule has 0 amide bonds. The highest BCUT2D eigenvalue weighted by molar-refractivity contribution is 5.66. The molecule has 1 unspecified atom stereocenters. The Morgan fingerprint density at radius 2 is 1.75 bits per heavy atom. The van der Waals surface area contributed by atoms with Crippen LogP contribution in [-0.4, -0.2) is 0 Å². The summed E-state index contributed by atoms with van der Waals surface area (Å²) >= 11 is 0. The summed E-state index contributed by atoms with van der Waals surface area (Å²) in [5, 5.41) is 0. The van der Waals surface area contributed by atoms with Crippen molar-refractivity contribution >= 4 is 5.57 Å². The maximum Gasteiger partial charge on any atom is 0.159 e. The molecule has 0 aliphatic heterocycles. The van der Waals surface area contributed by atoms with Crippen LogP contribution in [-0.2, 0) is 0 Å². The molecule has 132 valence electrons. The van der Waals surface area contributed by atoms with Gasteiger partial charge in [0.15, 0.2) is 11.6 Å². The van der Waals surface area contributed by atoms with Gasteiger partial charge in [0, 0.05) is 0 Å². The first-order chi connectivity index (χ1) is 11.7. The average molecular weight is 332 g/mol. The zero-order chi connectivity index (χ0) is 16.9. The number of unbranched alkanes of at least 4 members (excludes halogenated alkanes) is 1. The molecule has 2 aliphatic rings. The Morgan fingerprint density at radius 1 is 0.958 bits per heavy atom. The second kappa shape index (κ2) is 8.27. The topological polar surface area (TPSA) is 0 Å². The lowest BCUT2D eigenvalue weighted by Gasteiger charge is -2.35. The highest BCUT2D eigenvalue weighted by atomic mass is 19.2. The quantitative estimate of drug-likeness (QED) is 0.537. The van der Waals surface area contributed by atoms with Crippen molar-refractivity contribution in [3.63, 3.8) is 0 Å². The molecule has 0 nitrogen and oxygen atoms in total. The van der Waals surface area contributed by atoms with Gasteiger partial charge in [-0.05, 0) is 73.1 Å². The minimum Gasteiger partial charge on any atom is -0.204 e. The van der Waals surface area contributed by atoms with Crippen molar-refractivity contribution in [1.29, 1.82) is 0 Å². The normalized spacial score (nSPS) is 27.8. The second-order valence-electron chi connectivity index (χ2n) is 7.82. The van der Waals surface area contributed by atoms with Gasteiger partial charge in [0.2, 0.25) is 0 Å². The van der Waals surface area contributed by atoms with Crippen molar-refractivity contribution in [3.05, 3.63) is 41.5 Å². The number of rotatable bonds is 5. The molecule has 0 bridgehead atoms. The van der Waals surface area contributed by atoms with Gasteiger partial charge in [-0.15, -0.1) is 0 Å². The van der Waals surface area contributed by atoms with Gasteiger partial charge in [0.1, 0.15) is 0 Å². The van der Waals surface area contributed by atoms with Crippen LogP contribution in [0, 0.1) is 29.4 Å². The lowest BCUT2D eigenvalue weighted by molar-refractivity contribution is 0.188. The maximum atomic E-state index is 13.4. The van der Waals surface area contributed by atoms with Gasteiger partial charge in [-0.25, -0.2) is 8.78 Å². The van der Waals surface area contributed by atoms with Crippen molar-refractivity contribution < 1.29 is 8.78 Å². The molecule has 1 saturated carbocycles. The molecule has 0 saturated heterocycles. The Bertz CT molecular complexity index is 567. The highest BCUT2D eigenvalue weighted by Crippen LogP contribution is 2.42. The summed E-state index contributed by atoms with van der Waals surface area (Å²) < 4.78 is 26.5. The van der Waals surface area contributed by atoms with E-state index in [1.807, 2.05) is 0 Å². The van der Waals surface area contributed by atoms with E-state index in [4.69, 9.17) is 0 Å². The maximum absolute atomic E-state index is 13.4. The molecule has 0 N–H and O–H groups in total. The molecule has 3 rings (SSSR count). The van der Waals surface area contributed by atoms with E-state index >= 15 is 0 Å². The largest absolute Gasteiger partial charge is 0.204 e. The van der Waals surface area contributed by atoms with E-state index in [0.29, 0.717) is 0 Å². The lowest BCUT2D eigenvalue weighted by Crippen LogP contribution is -2.23. The summed E-state index contributed by atoms with van der Waals surface area (Å²) in [4.78, 5) is 0. The smallest absolute Gasteiger partial charge is 0.159 e. The van der Waals surface area contributed by atoms with Gasteiger partial charge in [-0.1, -0.05) is 51.2 Å². The van der Waals surface area contributed by atoms with Crippen LogP contribution in [0.1, 0.15) is 76.7 Å². The van der Waals surface area contributed by atoms with Crippen LogP contribution in [0.3, 0.4) is 0 Å². The second-order valence-corrected chi connectivity index (χ2v) is 7.82. The van der Waals surface area contributed by atoms with E-state index in [2.05, 4.69) is 13.0 Å². The van der Waals surface area contributed by atoms with Crippen molar-refractivity contribution in [2.45, 2.75) is 71.1 Å². The van der Waals surface area contributed by atoms with Crippen molar-refractivity contribution in [1.82, 2.24) is 0 Å². The SMILES string of the molecule is CCCCC1CCC(C2CC=C(c3ccc(F)c(F)c3)CC2)CC1. The minimum atomic E-state index is -0.757. The monoisotopic (exact) mass is 332 g/mol. The Balaban J connectivity index is 1.53. The number of hydrogen-bond donors (Lipinski definition) is 0. The van der Waals surface area contributed by atoms with Crippen molar-refractivity contribution in [2.75, 3.05) is 0 Å². The average Bonchev–Trinajstić information content (AvgIpc) is 2.63. The molecule has 24 heavy (non-hydrogen) atoms. The molecule has 1 aromatic rings. The predicted octanol–water partition coefficient (Wildman–Crippen LogP) is 7.14. The minimum absolute atomic E-state index is 0.735. The van der Waals surface area contributed by atoms with E-state index in [0.717, 1.165) is 36.2 Å². The summed E-state index contributed by atoms with van der Waals surface area (Å²) in [7, 11) is 0. The standard InChI is InChI=1S/C22H30F2/c1-2-3-4-16-5-7-17(8-6-16)18-9-11-19(12-10-18)20-13-14-21(23)22(24)15-20/h11,13-18H,2-10,12H2,1H3. The molecule has 1 aromatic carbocycles. The van der Waals surface area contributed by atoms with Crippen molar-refractivity contribution in [2.24, 2.45) is 17.8 Å². The third-order valence-electron chi connectivity index (χ3n) is 6.27. The van der Waals surface area contributed by atoms with E-state index in [9.17, 15) is 8.78 Å². The van der Waals surface area contributed by atoms with Crippen LogP contribution < -0.4 is 0 Å². The molecule has 2 heteroatoms. The van der Waals surface area contributed by atoms with Gasteiger partial charge in [0.05, 0.1) is 0 Å². The van der Waals surface area contributed by atoms with Crippen LogP contribution in [0.15, 0.2) is 24.3 Å². The van der Waals surface area contributed by atoms with E-state index in [-0.39, 0.29) is 0 Å². The molecule has 0 spiro atoms. The van der Waals surface area contributed by atoms with Crippen LogP contribution in [0.5, 0.6) is 0 Å². The van der Waals surface area contributed by atoms with Gasteiger partial charge in [0.25, 0.3) is 0 Å². The van der Waals surface area contributed by atoms with Crippen LogP contribution in [0.25, 0.3) is 5.57 Å². The first-order valence-electron chi connectivity index (χ1n) is 9.81. The summed E-state index contributed by atoms with van der Waals surface area (Å²) in [5.41, 5.74) is 2.05. The van der Waals surface area contributed by atoms with Gasteiger partial charge in [-0.3, -0.25) is 0 Å². The van der Waals surface area contributed by atoms with Gasteiger partial charge < -0.3 is 0 Å². The van der Waals surface area contributed by atoms with Gasteiger partial charge >= 0.3 is 0 Å². The van der Waals surface area contributed by atoms with Crippen LogP contribution >= 0.6 is 0 Å². The molecular weight excluding hydrogens is 302 g/mol. The highest BCUT2D eigenvalue weighted by Gasteiger charge is 2.28. The number of hydrogen-bond acceptors (Lipinski definition) is 0. The number of benzene rings is 1. The summed E-state index contributed by atoms with van der Waals surface area (Å²) in [6, 6.07) is 4.30. The lowest BCUT2D eigenvalue weighted by atomic mass is 9.70. The molecule has 2 aliphatic carbocycles. The fourth-order valence-corrected chi connectivity index (χ4v) is 4.68. The molecular formula is C22H30F2. The van der Waals surface area contributed by atoms with Crippen LogP contribution in [0.4, 0.5) is 8.78 Å². The number of allylic oxidation sites excluding steroid dienone is 2. The van der Waals surface area contributed by atoms with Gasteiger partial charge in [-0.2, -0.15) is 0 Å². The Kier molecular flexibility index (Phi) is 6.08. The molecule has 1 atom stereocenters. The Hall–Kier alpha value is -1.18. The first kappa shape index (κ1) is 17.6.